The van der Waals surface area contributed by atoms with Gasteiger partial charge in [-0.05, 0) is 24.3 Å². The minimum atomic E-state index is -0.953. The Bertz CT molecular complexity index is 658. The molecule has 1 aromatic rings. The van der Waals surface area contributed by atoms with Gasteiger partial charge in [0.2, 0.25) is 5.91 Å². The van der Waals surface area contributed by atoms with Gasteiger partial charge < -0.3 is 15.2 Å². The normalized spacial score (nSPS) is 28.0. The second kappa shape index (κ2) is 5.51. The highest BCUT2D eigenvalue weighted by Crippen LogP contribution is 2.58. The van der Waals surface area contributed by atoms with E-state index in [0.29, 0.717) is 25.0 Å². The van der Waals surface area contributed by atoms with E-state index in [1.807, 2.05) is 0 Å². The van der Waals surface area contributed by atoms with Gasteiger partial charge in [-0.15, -0.1) is 0 Å². The van der Waals surface area contributed by atoms with Crippen LogP contribution in [0.3, 0.4) is 0 Å². The monoisotopic (exact) mass is 321 g/mol. The maximum atomic E-state index is 13.9. The molecule has 2 N–H and O–H groups in total. The Morgan fingerprint density at radius 3 is 2.74 bits per heavy atom. The molecule has 1 unspecified atom stereocenters. The Morgan fingerprint density at radius 1 is 1.35 bits per heavy atom. The lowest BCUT2D eigenvalue weighted by molar-refractivity contribution is -0.140. The fourth-order valence-corrected chi connectivity index (χ4v) is 3.57. The molecule has 2 aliphatic rings. The average Bonchev–Trinajstić information content (AvgIpc) is 3.11. The molecule has 3 atom stereocenters. The van der Waals surface area contributed by atoms with E-state index in [1.165, 1.54) is 6.07 Å². The number of carboxylic acid groups (broad SMARTS) is 1. The Labute approximate surface area is 133 Å². The Morgan fingerprint density at radius 2 is 2.09 bits per heavy atom. The number of rotatable bonds is 3. The van der Waals surface area contributed by atoms with Gasteiger partial charge in [-0.2, -0.15) is 0 Å². The molecule has 1 fully saturated rings. The van der Waals surface area contributed by atoms with E-state index in [2.05, 4.69) is 5.32 Å². The predicted octanol–water partition coefficient (Wildman–Crippen LogP) is 2.51. The van der Waals surface area contributed by atoms with Crippen LogP contribution in [0.15, 0.2) is 18.2 Å². The van der Waals surface area contributed by atoms with Crippen LogP contribution in [0.25, 0.3) is 0 Å². The quantitative estimate of drug-likeness (QED) is 0.897. The fraction of sp³-hybridized carbons (Fsp3) is 0.529. The molecule has 1 heterocycles. The van der Waals surface area contributed by atoms with E-state index < -0.39 is 29.0 Å². The molecule has 124 valence electrons. The number of fused-ring (bicyclic) bond motifs is 1. The Kier molecular flexibility index (Phi) is 3.78. The number of carbonyl (C=O) groups is 2. The molecule has 0 spiro atoms. The minimum absolute atomic E-state index is 0.181. The second-order valence-corrected chi connectivity index (χ2v) is 6.82. The zero-order valence-corrected chi connectivity index (χ0v) is 13.1. The number of hydrogen-bond donors (Lipinski definition) is 2. The summed E-state index contributed by atoms with van der Waals surface area (Å²) in [5.74, 6) is -2.73. The van der Waals surface area contributed by atoms with E-state index in [4.69, 9.17) is 4.74 Å². The number of halogens is 1. The van der Waals surface area contributed by atoms with Gasteiger partial charge in [0.05, 0.1) is 24.5 Å². The van der Waals surface area contributed by atoms with Crippen LogP contribution in [0, 0.1) is 23.1 Å². The Hall–Kier alpha value is -2.11. The zero-order valence-electron chi connectivity index (χ0n) is 13.1. The molecule has 1 aliphatic carbocycles. The largest absolute Gasteiger partial charge is 0.490 e. The van der Waals surface area contributed by atoms with Crippen LogP contribution >= 0.6 is 0 Å². The van der Waals surface area contributed by atoms with Gasteiger partial charge in [0.15, 0.2) is 11.6 Å². The number of benzene rings is 1. The van der Waals surface area contributed by atoms with E-state index >= 15 is 0 Å². The van der Waals surface area contributed by atoms with Crippen molar-refractivity contribution in [1.29, 1.82) is 0 Å². The third-order valence-corrected chi connectivity index (χ3v) is 4.95. The van der Waals surface area contributed by atoms with Crippen molar-refractivity contribution < 1.29 is 23.8 Å². The van der Waals surface area contributed by atoms with Gasteiger partial charge in [-0.1, -0.05) is 26.0 Å². The zero-order chi connectivity index (χ0) is 16.8. The van der Waals surface area contributed by atoms with E-state index in [-0.39, 0.29) is 17.7 Å². The average molecular weight is 321 g/mol. The van der Waals surface area contributed by atoms with Gasteiger partial charge in [-0.3, -0.25) is 9.59 Å². The van der Waals surface area contributed by atoms with Crippen LogP contribution in [0.2, 0.25) is 0 Å². The summed E-state index contributed by atoms with van der Waals surface area (Å²) in [6.45, 7) is 3.95. The summed E-state index contributed by atoms with van der Waals surface area (Å²) in [6.07, 6.45) is 1.32. The maximum Gasteiger partial charge on any atom is 0.307 e. The van der Waals surface area contributed by atoms with Crippen molar-refractivity contribution in [3.8, 4) is 5.75 Å². The highest BCUT2D eigenvalue weighted by Gasteiger charge is 2.66. The lowest BCUT2D eigenvalue weighted by Gasteiger charge is -2.19. The van der Waals surface area contributed by atoms with Gasteiger partial charge in [0.1, 0.15) is 0 Å². The molecule has 1 amide bonds. The summed E-state index contributed by atoms with van der Waals surface area (Å²) in [7, 11) is 0. The maximum absolute atomic E-state index is 13.9. The van der Waals surface area contributed by atoms with Gasteiger partial charge in [0, 0.05) is 5.56 Å². The van der Waals surface area contributed by atoms with E-state index in [1.54, 1.807) is 26.0 Å². The number of para-hydroxylation sites is 1. The van der Waals surface area contributed by atoms with Gasteiger partial charge >= 0.3 is 5.97 Å². The first-order chi connectivity index (χ1) is 10.8. The second-order valence-electron chi connectivity index (χ2n) is 6.82. The summed E-state index contributed by atoms with van der Waals surface area (Å²) in [5.41, 5.74) is 0.0585. The number of aliphatic carboxylic acids is 1. The third kappa shape index (κ3) is 2.66. The molecule has 5 nitrogen and oxygen atoms in total. The highest BCUT2D eigenvalue weighted by molar-refractivity contribution is 5.91. The molecule has 3 rings (SSSR count). The van der Waals surface area contributed by atoms with Crippen LogP contribution in [0.1, 0.15) is 38.3 Å². The summed E-state index contributed by atoms with van der Waals surface area (Å²) in [6, 6.07) is 4.29. The molecule has 23 heavy (non-hydrogen) atoms. The first-order valence-corrected chi connectivity index (χ1v) is 7.78. The minimum Gasteiger partial charge on any atom is -0.490 e. The standard InChI is InChI=1S/C17H20FNO4/c1-17(2)12(13(17)16(21)22)15(20)19-11-7-4-8-23-14-9(11)5-3-6-10(14)18/h3,5-6,11-13H,4,7-8H2,1-2H3,(H,19,20)(H,21,22)/t11?,12-,13+/m1/s1. The highest BCUT2D eigenvalue weighted by atomic mass is 19.1. The van der Waals surface area contributed by atoms with Crippen molar-refractivity contribution in [2.45, 2.75) is 32.7 Å². The van der Waals surface area contributed by atoms with Crippen molar-refractivity contribution in [3.63, 3.8) is 0 Å². The molecule has 0 saturated heterocycles. The molecule has 0 bridgehead atoms. The lowest BCUT2D eigenvalue weighted by atomic mass is 10.0. The molecule has 0 radical (unpaired) electrons. The molecular formula is C17H20FNO4. The van der Waals surface area contributed by atoms with Crippen molar-refractivity contribution in [1.82, 2.24) is 5.32 Å². The number of amides is 1. The SMILES string of the molecule is CC1(C)[C@H](C(=O)O)[C@@H]1C(=O)NC1CCCOc2c(F)cccc21. The van der Waals surface area contributed by atoms with Gasteiger partial charge in [-0.25, -0.2) is 4.39 Å². The van der Waals surface area contributed by atoms with Crippen LogP contribution in [0.5, 0.6) is 5.75 Å². The number of carbonyl (C=O) groups excluding carboxylic acids is 1. The van der Waals surface area contributed by atoms with Crippen LogP contribution < -0.4 is 10.1 Å². The number of nitrogens with one attached hydrogen (secondary N) is 1. The van der Waals surface area contributed by atoms with Crippen LogP contribution in [0.4, 0.5) is 4.39 Å². The first-order valence-electron chi connectivity index (χ1n) is 7.78. The van der Waals surface area contributed by atoms with Crippen LogP contribution in [-0.2, 0) is 9.59 Å². The first kappa shape index (κ1) is 15.8. The molecule has 1 aliphatic heterocycles. The molecular weight excluding hydrogens is 301 g/mol. The Balaban J connectivity index is 1.80. The topological polar surface area (TPSA) is 75.6 Å². The third-order valence-electron chi connectivity index (χ3n) is 4.95. The summed E-state index contributed by atoms with van der Waals surface area (Å²) >= 11 is 0. The van der Waals surface area contributed by atoms with E-state index in [9.17, 15) is 19.1 Å². The summed E-state index contributed by atoms with van der Waals surface area (Å²) < 4.78 is 19.4. The number of hydrogen-bond acceptors (Lipinski definition) is 3. The van der Waals surface area contributed by atoms with Crippen molar-refractivity contribution in [2.75, 3.05) is 6.61 Å². The number of ether oxygens (including phenoxy) is 1. The van der Waals surface area contributed by atoms with Crippen molar-refractivity contribution in [3.05, 3.63) is 29.6 Å². The van der Waals surface area contributed by atoms with Crippen molar-refractivity contribution in [2.24, 2.45) is 17.3 Å². The number of carboxylic acids is 1. The molecule has 1 aromatic carbocycles. The van der Waals surface area contributed by atoms with Crippen LogP contribution in [-0.4, -0.2) is 23.6 Å². The molecule has 0 aromatic heterocycles. The molecule has 1 saturated carbocycles. The summed E-state index contributed by atoms with van der Waals surface area (Å²) in [4.78, 5) is 23.7. The summed E-state index contributed by atoms with van der Waals surface area (Å²) in [5, 5.41) is 12.1. The van der Waals surface area contributed by atoms with E-state index in [0.717, 1.165) is 0 Å². The smallest absolute Gasteiger partial charge is 0.307 e. The molecule has 6 heteroatoms. The fourth-order valence-electron chi connectivity index (χ4n) is 3.57. The lowest BCUT2D eigenvalue weighted by Crippen LogP contribution is -2.31. The predicted molar refractivity (Wildman–Crippen MR) is 80.4 cm³/mol. The van der Waals surface area contributed by atoms with Gasteiger partial charge in [0.25, 0.3) is 0 Å². The van der Waals surface area contributed by atoms with Crippen molar-refractivity contribution >= 4 is 11.9 Å².